The summed E-state index contributed by atoms with van der Waals surface area (Å²) in [7, 11) is 0. The van der Waals surface area contributed by atoms with E-state index >= 15 is 0 Å². The Kier molecular flexibility index (Phi) is 6.00. The fourth-order valence-corrected chi connectivity index (χ4v) is 2.15. The van der Waals surface area contributed by atoms with E-state index in [1.807, 2.05) is 0 Å². The Bertz CT molecular complexity index is 850. The van der Waals surface area contributed by atoms with E-state index in [-0.39, 0.29) is 18.7 Å². The highest BCUT2D eigenvalue weighted by atomic mass is 19.2. The molecule has 0 unspecified atom stereocenters. The summed E-state index contributed by atoms with van der Waals surface area (Å²) < 4.78 is 39.4. The van der Waals surface area contributed by atoms with Crippen molar-refractivity contribution in [3.05, 3.63) is 82.9 Å². The number of amides is 1. The number of aliphatic hydroxyl groups excluding tert-OH is 1. The molecule has 0 saturated carbocycles. The van der Waals surface area contributed by atoms with E-state index in [0.29, 0.717) is 11.6 Å². The molecule has 0 aromatic heterocycles. The molecule has 2 rings (SSSR count). The Hall–Kier alpha value is -3.29. The lowest BCUT2D eigenvalue weighted by Crippen LogP contribution is -2.29. The molecule has 0 aliphatic heterocycles. The van der Waals surface area contributed by atoms with Crippen LogP contribution in [0, 0.1) is 17.5 Å². The summed E-state index contributed by atoms with van der Waals surface area (Å²) in [5.41, 5.74) is 0.771. The van der Waals surface area contributed by atoms with Crippen molar-refractivity contribution in [2.24, 2.45) is 0 Å². The molecule has 0 saturated heterocycles. The van der Waals surface area contributed by atoms with Crippen LogP contribution in [0.1, 0.15) is 11.1 Å². The minimum Gasteiger partial charge on any atom is -0.502 e. The van der Waals surface area contributed by atoms with Crippen LogP contribution in [0.5, 0.6) is 0 Å². The number of aliphatic hydroxyl groups is 1. The molecule has 1 amide bonds. The summed E-state index contributed by atoms with van der Waals surface area (Å²) in [5.74, 6) is -6.33. The molecule has 0 aliphatic rings. The van der Waals surface area contributed by atoms with Crippen LogP contribution in [0.15, 0.2) is 54.3 Å². The molecule has 2 N–H and O–H groups in total. The van der Waals surface area contributed by atoms with Gasteiger partial charge in [0.2, 0.25) is 5.76 Å². The number of carbonyl (C=O) groups excluding carboxylic acids is 1. The fourth-order valence-electron chi connectivity index (χ4n) is 2.15. The van der Waals surface area contributed by atoms with Gasteiger partial charge in [0, 0.05) is 13.1 Å². The van der Waals surface area contributed by atoms with Crippen LogP contribution in [0.25, 0.3) is 0 Å². The van der Waals surface area contributed by atoms with Crippen molar-refractivity contribution >= 4 is 11.9 Å². The van der Waals surface area contributed by atoms with Gasteiger partial charge >= 0.3 is 5.97 Å². The number of carboxylic acids is 1. The smallest absolute Gasteiger partial charge is 0.371 e. The number of rotatable bonds is 6. The summed E-state index contributed by atoms with van der Waals surface area (Å²) in [6.45, 7) is -0.252. The third-order valence-electron chi connectivity index (χ3n) is 3.44. The first-order valence-electron chi connectivity index (χ1n) is 7.37. The summed E-state index contributed by atoms with van der Waals surface area (Å²) >= 11 is 0. The molecule has 2 aromatic rings. The monoisotopic (exact) mass is 365 g/mol. The number of aliphatic carboxylic acids is 1. The van der Waals surface area contributed by atoms with Gasteiger partial charge < -0.3 is 15.1 Å². The second-order valence-corrected chi connectivity index (χ2v) is 5.40. The first kappa shape index (κ1) is 19.0. The minimum absolute atomic E-state index is 0.0679. The van der Waals surface area contributed by atoms with E-state index in [2.05, 4.69) is 0 Å². The second-order valence-electron chi connectivity index (χ2n) is 5.40. The first-order chi connectivity index (χ1) is 12.3. The molecule has 0 aliphatic carbocycles. The van der Waals surface area contributed by atoms with Crippen LogP contribution in [-0.4, -0.2) is 27.0 Å². The van der Waals surface area contributed by atoms with Crippen molar-refractivity contribution in [2.75, 3.05) is 0 Å². The van der Waals surface area contributed by atoms with Crippen LogP contribution in [0.3, 0.4) is 0 Å². The van der Waals surface area contributed by atoms with Gasteiger partial charge in [0.15, 0.2) is 11.6 Å². The molecule has 0 fully saturated rings. The lowest BCUT2D eigenvalue weighted by atomic mass is 10.1. The predicted octanol–water partition coefficient (Wildman–Crippen LogP) is 3.16. The van der Waals surface area contributed by atoms with Gasteiger partial charge in [-0.05, 0) is 35.4 Å². The van der Waals surface area contributed by atoms with Gasteiger partial charge in [0.25, 0.3) is 5.91 Å². The maximum absolute atomic E-state index is 13.4. The Morgan fingerprint density at radius 1 is 0.885 bits per heavy atom. The van der Waals surface area contributed by atoms with Gasteiger partial charge in [-0.25, -0.2) is 18.0 Å². The molecule has 26 heavy (non-hydrogen) atoms. The van der Waals surface area contributed by atoms with Crippen LogP contribution in [0.4, 0.5) is 13.2 Å². The van der Waals surface area contributed by atoms with Crippen LogP contribution in [-0.2, 0) is 22.7 Å². The largest absolute Gasteiger partial charge is 0.502 e. The maximum Gasteiger partial charge on any atom is 0.371 e. The Morgan fingerprint density at radius 2 is 1.46 bits per heavy atom. The minimum atomic E-state index is -1.69. The van der Waals surface area contributed by atoms with E-state index in [9.17, 15) is 27.9 Å². The number of hydrogen-bond donors (Lipinski definition) is 2. The van der Waals surface area contributed by atoms with Crippen molar-refractivity contribution in [1.29, 1.82) is 0 Å². The number of benzene rings is 2. The first-order valence-corrected chi connectivity index (χ1v) is 7.37. The lowest BCUT2D eigenvalue weighted by Gasteiger charge is -2.22. The van der Waals surface area contributed by atoms with E-state index < -0.39 is 35.1 Å². The lowest BCUT2D eigenvalue weighted by molar-refractivity contribution is -0.136. The molecule has 0 atom stereocenters. The second kappa shape index (κ2) is 8.19. The molecule has 8 heteroatoms. The van der Waals surface area contributed by atoms with Crippen LogP contribution >= 0.6 is 0 Å². The van der Waals surface area contributed by atoms with Gasteiger partial charge in [-0.2, -0.15) is 0 Å². The van der Waals surface area contributed by atoms with Crippen LogP contribution in [0.2, 0.25) is 0 Å². The third kappa shape index (κ3) is 5.10. The number of nitrogens with zero attached hydrogens (tertiary/aromatic N) is 1. The molecule has 136 valence electrons. The number of halogens is 3. The SMILES string of the molecule is O=C(O)/C(O)=C/C(=O)N(Cc1ccc(F)cc1)Cc1ccc(F)c(F)c1. The zero-order chi connectivity index (χ0) is 19.3. The Morgan fingerprint density at radius 3 is 2.04 bits per heavy atom. The van der Waals surface area contributed by atoms with Crippen molar-refractivity contribution in [3.63, 3.8) is 0 Å². The van der Waals surface area contributed by atoms with Gasteiger partial charge in [-0.1, -0.05) is 18.2 Å². The molecule has 5 nitrogen and oxygen atoms in total. The van der Waals surface area contributed by atoms with Gasteiger partial charge in [-0.3, -0.25) is 4.79 Å². The van der Waals surface area contributed by atoms with Crippen molar-refractivity contribution in [2.45, 2.75) is 13.1 Å². The molecule has 0 radical (unpaired) electrons. The fraction of sp³-hybridized carbons (Fsp3) is 0.111. The van der Waals surface area contributed by atoms with Gasteiger partial charge in [0.05, 0.1) is 6.08 Å². The summed E-state index contributed by atoms with van der Waals surface area (Å²) in [5, 5.41) is 17.9. The highest BCUT2D eigenvalue weighted by Gasteiger charge is 2.17. The van der Waals surface area contributed by atoms with E-state index in [0.717, 1.165) is 17.0 Å². The average Bonchev–Trinajstić information content (AvgIpc) is 2.59. The van der Waals surface area contributed by atoms with Gasteiger partial charge in [0.1, 0.15) is 5.82 Å². The Balaban J connectivity index is 2.28. The number of carboxylic acid groups (broad SMARTS) is 1. The maximum atomic E-state index is 13.4. The normalized spacial score (nSPS) is 11.3. The van der Waals surface area contributed by atoms with E-state index in [1.54, 1.807) is 0 Å². The summed E-state index contributed by atoms with van der Waals surface area (Å²) in [6, 6.07) is 8.27. The van der Waals surface area contributed by atoms with Crippen LogP contribution < -0.4 is 0 Å². The molecular formula is C18H14F3NO4. The molecular weight excluding hydrogens is 351 g/mol. The standard InChI is InChI=1S/C18H14F3NO4/c19-13-4-1-11(2-5-13)9-22(17(24)8-16(23)18(25)26)10-12-3-6-14(20)15(21)7-12/h1-8,23H,9-10H2,(H,25,26)/b16-8-. The topological polar surface area (TPSA) is 77.8 Å². The summed E-state index contributed by atoms with van der Waals surface area (Å²) in [6.07, 6.45) is 0.506. The van der Waals surface area contributed by atoms with E-state index in [4.69, 9.17) is 5.11 Å². The molecule has 2 aromatic carbocycles. The molecule has 0 bridgehead atoms. The zero-order valence-electron chi connectivity index (χ0n) is 13.3. The molecule has 0 spiro atoms. The predicted molar refractivity (Wildman–Crippen MR) is 85.4 cm³/mol. The average molecular weight is 365 g/mol. The third-order valence-corrected chi connectivity index (χ3v) is 3.44. The highest BCUT2D eigenvalue weighted by molar-refractivity contribution is 5.96. The van der Waals surface area contributed by atoms with Crippen molar-refractivity contribution < 1.29 is 33.0 Å². The summed E-state index contributed by atoms with van der Waals surface area (Å²) in [4.78, 5) is 24.0. The molecule has 0 heterocycles. The highest BCUT2D eigenvalue weighted by Crippen LogP contribution is 2.15. The zero-order valence-corrected chi connectivity index (χ0v) is 13.3. The van der Waals surface area contributed by atoms with Gasteiger partial charge in [-0.15, -0.1) is 0 Å². The number of hydrogen-bond acceptors (Lipinski definition) is 3. The van der Waals surface area contributed by atoms with Crippen molar-refractivity contribution in [3.8, 4) is 0 Å². The Labute approximate surface area is 146 Å². The van der Waals surface area contributed by atoms with Crippen molar-refractivity contribution in [1.82, 2.24) is 4.90 Å². The quantitative estimate of drug-likeness (QED) is 0.609. The van der Waals surface area contributed by atoms with E-state index in [1.165, 1.54) is 30.3 Å². The number of carbonyl (C=O) groups is 2.